The Morgan fingerprint density at radius 3 is 2.58 bits per heavy atom. The first-order valence-electron chi connectivity index (χ1n) is 5.76. The smallest absolute Gasteiger partial charge is 0.134 e. The maximum absolute atomic E-state index is 14.2. The lowest BCUT2D eigenvalue weighted by molar-refractivity contribution is 0.502. The van der Waals surface area contributed by atoms with Gasteiger partial charge in [-0.3, -0.25) is 4.68 Å². The van der Waals surface area contributed by atoms with Crippen molar-refractivity contribution in [2.24, 2.45) is 7.05 Å². The van der Waals surface area contributed by atoms with E-state index in [4.69, 9.17) is 0 Å². The first kappa shape index (κ1) is 14.1. The fourth-order valence-electron chi connectivity index (χ4n) is 2.11. The monoisotopic (exact) mass is 329 g/mol. The summed E-state index contributed by atoms with van der Waals surface area (Å²) in [6, 6.07) is 2.10. The van der Waals surface area contributed by atoms with E-state index in [1.807, 2.05) is 0 Å². The summed E-state index contributed by atoms with van der Waals surface area (Å²) in [5.74, 6) is -1.11. The van der Waals surface area contributed by atoms with Gasteiger partial charge in [0.25, 0.3) is 0 Å². The highest BCUT2D eigenvalue weighted by atomic mass is 79.9. The second-order valence-electron chi connectivity index (χ2n) is 4.31. The highest BCUT2D eigenvalue weighted by Crippen LogP contribution is 2.31. The lowest BCUT2D eigenvalue weighted by Crippen LogP contribution is -2.23. The number of halogens is 3. The molecule has 6 heteroatoms. The van der Waals surface area contributed by atoms with Gasteiger partial charge < -0.3 is 5.32 Å². The van der Waals surface area contributed by atoms with Crippen LogP contribution in [0, 0.1) is 18.6 Å². The quantitative estimate of drug-likeness (QED) is 0.937. The van der Waals surface area contributed by atoms with Gasteiger partial charge in [0.05, 0.1) is 22.4 Å². The van der Waals surface area contributed by atoms with Gasteiger partial charge in [0.15, 0.2) is 0 Å². The Morgan fingerprint density at radius 1 is 1.37 bits per heavy atom. The van der Waals surface area contributed by atoms with Crippen LogP contribution in [-0.2, 0) is 7.05 Å². The van der Waals surface area contributed by atoms with Crippen molar-refractivity contribution in [1.29, 1.82) is 0 Å². The van der Waals surface area contributed by atoms with Crippen LogP contribution in [0.5, 0.6) is 0 Å². The van der Waals surface area contributed by atoms with Crippen molar-refractivity contribution >= 4 is 15.9 Å². The van der Waals surface area contributed by atoms with Gasteiger partial charge in [-0.25, -0.2) is 8.78 Å². The Balaban J connectivity index is 2.64. The average molecular weight is 330 g/mol. The maximum Gasteiger partial charge on any atom is 0.134 e. The van der Waals surface area contributed by atoms with Gasteiger partial charge in [0, 0.05) is 12.6 Å². The standard InChI is InChI=1S/C13H14BrF2N3/c1-7-4-5-9(15)10(11(7)16)12(17-2)13-8(14)6-18-19(13)3/h4-6,12,17H,1-3H3. The van der Waals surface area contributed by atoms with Crippen molar-refractivity contribution in [3.8, 4) is 0 Å². The molecule has 19 heavy (non-hydrogen) atoms. The molecule has 0 saturated carbocycles. The topological polar surface area (TPSA) is 29.9 Å². The molecule has 0 saturated heterocycles. The van der Waals surface area contributed by atoms with E-state index in [2.05, 4.69) is 26.3 Å². The number of hydrogen-bond donors (Lipinski definition) is 1. The van der Waals surface area contributed by atoms with Crippen LogP contribution in [0.3, 0.4) is 0 Å². The van der Waals surface area contributed by atoms with Crippen LogP contribution < -0.4 is 5.32 Å². The number of hydrogen-bond acceptors (Lipinski definition) is 2. The molecular formula is C13H14BrF2N3. The first-order valence-corrected chi connectivity index (χ1v) is 6.55. The fraction of sp³-hybridized carbons (Fsp3) is 0.308. The van der Waals surface area contributed by atoms with Crippen LogP contribution in [0.1, 0.15) is 22.9 Å². The Labute approximate surface area is 118 Å². The van der Waals surface area contributed by atoms with E-state index in [9.17, 15) is 8.78 Å². The Hall–Kier alpha value is -1.27. The minimum atomic E-state index is -0.609. The summed E-state index contributed by atoms with van der Waals surface area (Å²) in [6.45, 7) is 1.61. The molecule has 1 heterocycles. The van der Waals surface area contributed by atoms with E-state index in [0.717, 1.165) is 0 Å². The lowest BCUT2D eigenvalue weighted by Gasteiger charge is -2.20. The highest BCUT2D eigenvalue weighted by Gasteiger charge is 2.26. The van der Waals surface area contributed by atoms with Gasteiger partial charge in [-0.1, -0.05) is 6.07 Å². The molecule has 0 bridgehead atoms. The van der Waals surface area contributed by atoms with Gasteiger partial charge in [0.2, 0.25) is 0 Å². The molecule has 0 aliphatic carbocycles. The Bertz CT molecular complexity index is 591. The molecular weight excluding hydrogens is 316 g/mol. The molecule has 0 aliphatic rings. The molecule has 1 unspecified atom stereocenters. The van der Waals surface area contributed by atoms with Crippen LogP contribution in [0.25, 0.3) is 0 Å². The number of aryl methyl sites for hydroxylation is 2. The van der Waals surface area contributed by atoms with Crippen molar-refractivity contribution in [2.45, 2.75) is 13.0 Å². The summed E-state index contributed by atoms with van der Waals surface area (Å²) < 4.78 is 30.5. The molecule has 0 fully saturated rings. The summed E-state index contributed by atoms with van der Waals surface area (Å²) >= 11 is 3.36. The third-order valence-corrected chi connectivity index (χ3v) is 3.72. The summed E-state index contributed by atoms with van der Waals surface area (Å²) in [6.07, 6.45) is 1.60. The molecule has 2 rings (SSSR count). The van der Waals surface area contributed by atoms with Crippen LogP contribution >= 0.6 is 15.9 Å². The Kier molecular flexibility index (Phi) is 4.01. The van der Waals surface area contributed by atoms with E-state index < -0.39 is 17.7 Å². The largest absolute Gasteiger partial charge is 0.308 e. The van der Waals surface area contributed by atoms with Crippen molar-refractivity contribution in [2.75, 3.05) is 7.05 Å². The van der Waals surface area contributed by atoms with Crippen molar-refractivity contribution in [3.63, 3.8) is 0 Å². The van der Waals surface area contributed by atoms with Gasteiger partial charge in [-0.15, -0.1) is 0 Å². The van der Waals surface area contributed by atoms with Crippen LogP contribution in [0.4, 0.5) is 8.78 Å². The first-order chi connectivity index (χ1) is 8.97. The molecule has 0 amide bonds. The lowest BCUT2D eigenvalue weighted by atomic mass is 10.00. The fourth-order valence-corrected chi connectivity index (χ4v) is 2.68. The van der Waals surface area contributed by atoms with E-state index in [-0.39, 0.29) is 5.56 Å². The molecule has 102 valence electrons. The molecule has 1 atom stereocenters. The molecule has 1 aromatic heterocycles. The maximum atomic E-state index is 14.2. The second kappa shape index (κ2) is 5.38. The summed E-state index contributed by atoms with van der Waals surface area (Å²) in [5, 5.41) is 7.02. The van der Waals surface area contributed by atoms with Crippen LogP contribution in [0.15, 0.2) is 22.8 Å². The average Bonchev–Trinajstić information content (AvgIpc) is 2.70. The van der Waals surface area contributed by atoms with Crippen molar-refractivity contribution in [1.82, 2.24) is 15.1 Å². The highest BCUT2D eigenvalue weighted by molar-refractivity contribution is 9.10. The van der Waals surface area contributed by atoms with Gasteiger partial charge >= 0.3 is 0 Å². The molecule has 2 aromatic rings. The van der Waals surface area contributed by atoms with Gasteiger partial charge in [0.1, 0.15) is 11.6 Å². The van der Waals surface area contributed by atoms with Crippen LogP contribution in [-0.4, -0.2) is 16.8 Å². The summed E-state index contributed by atoms with van der Waals surface area (Å²) in [4.78, 5) is 0. The molecule has 1 aromatic carbocycles. The third-order valence-electron chi connectivity index (χ3n) is 3.11. The molecule has 0 spiro atoms. The SMILES string of the molecule is CNC(c1c(F)ccc(C)c1F)c1c(Br)cnn1C. The number of benzene rings is 1. The predicted molar refractivity (Wildman–Crippen MR) is 72.9 cm³/mol. The van der Waals surface area contributed by atoms with E-state index >= 15 is 0 Å². The zero-order valence-electron chi connectivity index (χ0n) is 10.8. The van der Waals surface area contributed by atoms with E-state index in [0.29, 0.717) is 15.7 Å². The number of aromatic nitrogens is 2. The van der Waals surface area contributed by atoms with Crippen molar-refractivity contribution < 1.29 is 8.78 Å². The zero-order chi connectivity index (χ0) is 14.2. The minimum absolute atomic E-state index is 0.00630. The minimum Gasteiger partial charge on any atom is -0.308 e. The normalized spacial score (nSPS) is 12.7. The van der Waals surface area contributed by atoms with Gasteiger partial charge in [-0.2, -0.15) is 5.10 Å². The Morgan fingerprint density at radius 2 is 2.05 bits per heavy atom. The second-order valence-corrected chi connectivity index (χ2v) is 5.17. The molecule has 0 radical (unpaired) electrons. The molecule has 3 nitrogen and oxygen atoms in total. The summed E-state index contributed by atoms with van der Waals surface area (Å²) in [7, 11) is 3.39. The molecule has 1 N–H and O–H groups in total. The van der Waals surface area contributed by atoms with Crippen molar-refractivity contribution in [3.05, 3.63) is 51.3 Å². The molecule has 0 aliphatic heterocycles. The van der Waals surface area contributed by atoms with E-state index in [1.165, 1.54) is 12.1 Å². The van der Waals surface area contributed by atoms with Crippen LogP contribution in [0.2, 0.25) is 0 Å². The number of nitrogens with one attached hydrogen (secondary N) is 1. The number of nitrogens with zero attached hydrogens (tertiary/aromatic N) is 2. The number of rotatable bonds is 3. The third kappa shape index (κ3) is 2.42. The summed E-state index contributed by atoms with van der Waals surface area (Å²) in [5.41, 5.74) is 1.09. The predicted octanol–water partition coefficient (Wildman–Crippen LogP) is 3.08. The van der Waals surface area contributed by atoms with E-state index in [1.54, 1.807) is 31.9 Å². The van der Waals surface area contributed by atoms with Gasteiger partial charge in [-0.05, 0) is 41.5 Å². The zero-order valence-corrected chi connectivity index (χ0v) is 12.4.